The molecule has 214 valence electrons. The molecule has 1 fully saturated rings. The van der Waals surface area contributed by atoms with Crippen LogP contribution in [-0.2, 0) is 14.8 Å². The quantitative estimate of drug-likeness (QED) is 0.231. The van der Waals surface area contributed by atoms with E-state index in [9.17, 15) is 23.3 Å². The molecular formula is C29H26N6O6S. The maximum absolute atomic E-state index is 13.8. The summed E-state index contributed by atoms with van der Waals surface area (Å²) >= 11 is 0. The number of nitro groups is 1. The highest BCUT2D eigenvalue weighted by molar-refractivity contribution is 7.90. The number of aromatic nitrogens is 3. The second-order valence-electron chi connectivity index (χ2n) is 9.91. The maximum Gasteiger partial charge on any atom is 0.311 e. The van der Waals surface area contributed by atoms with Gasteiger partial charge < -0.3 is 15.0 Å². The molecule has 1 saturated heterocycles. The van der Waals surface area contributed by atoms with Gasteiger partial charge >= 0.3 is 5.69 Å². The molecule has 0 spiro atoms. The maximum atomic E-state index is 13.8. The number of anilines is 1. The summed E-state index contributed by atoms with van der Waals surface area (Å²) in [5, 5.41) is 15.6. The predicted molar refractivity (Wildman–Crippen MR) is 157 cm³/mol. The number of hydrogen-bond acceptors (Lipinski definition) is 9. The average Bonchev–Trinajstić information content (AvgIpc) is 3.40. The van der Waals surface area contributed by atoms with E-state index < -0.39 is 14.9 Å². The van der Waals surface area contributed by atoms with Gasteiger partial charge in [0, 0.05) is 48.9 Å². The molecule has 0 atom stereocenters. The molecule has 4 heterocycles. The smallest absolute Gasteiger partial charge is 0.311 e. The number of ether oxygens (including phenoxy) is 1. The molecule has 0 saturated carbocycles. The van der Waals surface area contributed by atoms with Gasteiger partial charge in [0.15, 0.2) is 5.65 Å². The highest BCUT2D eigenvalue weighted by Gasteiger charge is 2.27. The van der Waals surface area contributed by atoms with Crippen molar-refractivity contribution in [3.63, 3.8) is 0 Å². The van der Waals surface area contributed by atoms with Gasteiger partial charge in [0.25, 0.3) is 15.9 Å². The molecule has 1 aliphatic heterocycles. The lowest BCUT2D eigenvalue weighted by Crippen LogP contribution is -2.36. The van der Waals surface area contributed by atoms with Crippen LogP contribution in [0.1, 0.15) is 15.9 Å². The number of rotatable bonds is 6. The zero-order chi connectivity index (χ0) is 29.6. The molecule has 6 rings (SSSR count). The topological polar surface area (TPSA) is 150 Å². The molecule has 1 N–H and O–H groups in total. The second kappa shape index (κ2) is 10.5. The van der Waals surface area contributed by atoms with E-state index in [0.29, 0.717) is 59.4 Å². The first-order chi connectivity index (χ1) is 20.2. The van der Waals surface area contributed by atoms with Crippen LogP contribution < -0.4 is 10.2 Å². The van der Waals surface area contributed by atoms with Crippen LogP contribution in [0.2, 0.25) is 0 Å². The molecule has 12 nitrogen and oxygen atoms in total. The molecule has 13 heteroatoms. The molecule has 0 aliphatic carbocycles. The van der Waals surface area contributed by atoms with E-state index in [1.54, 1.807) is 36.4 Å². The van der Waals surface area contributed by atoms with E-state index in [2.05, 4.69) is 15.3 Å². The zero-order valence-electron chi connectivity index (χ0n) is 22.8. The molecule has 1 aliphatic rings. The van der Waals surface area contributed by atoms with Crippen molar-refractivity contribution in [1.29, 1.82) is 0 Å². The average molecular weight is 587 g/mol. The van der Waals surface area contributed by atoms with E-state index in [1.807, 2.05) is 11.8 Å². The van der Waals surface area contributed by atoms with Crippen LogP contribution in [0.3, 0.4) is 0 Å². The Hall–Kier alpha value is -4.88. The minimum absolute atomic E-state index is 0.0849. The third kappa shape index (κ3) is 4.62. The Morgan fingerprint density at radius 2 is 1.76 bits per heavy atom. The number of carbonyl (C=O) groups is 1. The van der Waals surface area contributed by atoms with Crippen molar-refractivity contribution in [3.8, 4) is 11.1 Å². The molecule has 5 aromatic rings. The van der Waals surface area contributed by atoms with Crippen molar-refractivity contribution in [2.24, 2.45) is 0 Å². The van der Waals surface area contributed by atoms with Crippen LogP contribution in [-0.4, -0.2) is 66.5 Å². The molecule has 2 aromatic carbocycles. The molecule has 3 aromatic heterocycles. The summed E-state index contributed by atoms with van der Waals surface area (Å²) in [5.74, 6) is -0.377. The number of benzene rings is 2. The first-order valence-electron chi connectivity index (χ1n) is 13.1. The zero-order valence-corrected chi connectivity index (χ0v) is 23.6. The van der Waals surface area contributed by atoms with Crippen molar-refractivity contribution in [2.75, 3.05) is 38.3 Å². The van der Waals surface area contributed by atoms with Crippen LogP contribution >= 0.6 is 0 Å². The van der Waals surface area contributed by atoms with Gasteiger partial charge in [0.05, 0.1) is 34.1 Å². The van der Waals surface area contributed by atoms with Crippen LogP contribution in [0.25, 0.3) is 33.1 Å². The van der Waals surface area contributed by atoms with Gasteiger partial charge in [0.2, 0.25) is 0 Å². The Morgan fingerprint density at radius 1 is 1.02 bits per heavy atom. The van der Waals surface area contributed by atoms with Gasteiger partial charge in [-0.2, -0.15) is 0 Å². The highest BCUT2D eigenvalue weighted by Crippen LogP contribution is 2.39. The van der Waals surface area contributed by atoms with E-state index in [4.69, 9.17) is 4.74 Å². The fourth-order valence-electron chi connectivity index (χ4n) is 5.17. The van der Waals surface area contributed by atoms with E-state index in [0.717, 1.165) is 9.54 Å². The Kier molecular flexibility index (Phi) is 6.83. The van der Waals surface area contributed by atoms with Crippen molar-refractivity contribution >= 4 is 49.2 Å². The van der Waals surface area contributed by atoms with E-state index in [1.165, 1.54) is 37.8 Å². The first kappa shape index (κ1) is 27.3. The number of fused-ring (bicyclic) bond motifs is 2. The summed E-state index contributed by atoms with van der Waals surface area (Å²) in [4.78, 5) is 34.8. The molecule has 42 heavy (non-hydrogen) atoms. The van der Waals surface area contributed by atoms with Crippen molar-refractivity contribution in [2.45, 2.75) is 11.8 Å². The summed E-state index contributed by atoms with van der Waals surface area (Å²) in [5.41, 5.74) is 3.22. The van der Waals surface area contributed by atoms with Crippen LogP contribution in [0.5, 0.6) is 0 Å². The number of amides is 1. The second-order valence-corrected chi connectivity index (χ2v) is 11.7. The number of carbonyl (C=O) groups excluding carboxylic acids is 1. The number of hydrogen-bond donors (Lipinski definition) is 1. The third-order valence-corrected chi connectivity index (χ3v) is 9.00. The van der Waals surface area contributed by atoms with Crippen molar-refractivity contribution in [3.05, 3.63) is 88.4 Å². The lowest BCUT2D eigenvalue weighted by atomic mass is 10.0. The minimum Gasteiger partial charge on any atom is -0.378 e. The van der Waals surface area contributed by atoms with E-state index >= 15 is 0 Å². The summed E-state index contributed by atoms with van der Waals surface area (Å²) in [7, 11) is -2.57. The fraction of sp³-hybridized carbons (Fsp3) is 0.207. The van der Waals surface area contributed by atoms with E-state index in [-0.39, 0.29) is 27.7 Å². The Balaban J connectivity index is 1.61. The molecule has 1 amide bonds. The van der Waals surface area contributed by atoms with Crippen LogP contribution in [0.4, 0.5) is 11.4 Å². The summed E-state index contributed by atoms with van der Waals surface area (Å²) in [6, 6.07) is 13.4. The lowest BCUT2D eigenvalue weighted by Gasteiger charge is -2.29. The molecule has 0 radical (unpaired) electrons. The number of aryl methyl sites for hydroxylation is 1. The molecule has 0 unspecified atom stereocenters. The Labute approximate surface area is 240 Å². The lowest BCUT2D eigenvalue weighted by molar-refractivity contribution is -0.384. The van der Waals surface area contributed by atoms with Crippen LogP contribution in [0, 0.1) is 17.0 Å². The largest absolute Gasteiger partial charge is 0.378 e. The van der Waals surface area contributed by atoms with Crippen molar-refractivity contribution in [1.82, 2.24) is 19.3 Å². The number of morpholine rings is 1. The molecule has 0 bridgehead atoms. The van der Waals surface area contributed by atoms with Gasteiger partial charge in [-0.05, 0) is 42.8 Å². The minimum atomic E-state index is -4.06. The SMILES string of the molecule is CNC(=O)c1cnc2c(c1)c(-c1ccc3ncc([N+](=O)[O-])c(N4CCOCC4)c3c1)cn2S(=O)(=O)c1ccc(C)cc1. The van der Waals surface area contributed by atoms with Gasteiger partial charge in [0.1, 0.15) is 11.9 Å². The predicted octanol–water partition coefficient (Wildman–Crippen LogP) is 3.90. The standard InChI is InChI=1S/C29H26N6O6S/c1-18-3-6-21(7-4-18)42(39,40)34-17-24(22-14-20(29(36)30-2)15-32-28(22)34)19-5-8-25-23(13-19)27(26(16-31-25)35(37)38)33-9-11-41-12-10-33/h3-8,13-17H,9-12H2,1-2H3,(H,30,36). The molecular weight excluding hydrogens is 560 g/mol. The normalized spacial score (nSPS) is 13.9. The monoisotopic (exact) mass is 586 g/mol. The summed E-state index contributed by atoms with van der Waals surface area (Å²) < 4.78 is 34.2. The number of nitrogens with one attached hydrogen (secondary N) is 1. The Bertz CT molecular complexity index is 1980. The fourth-order valence-corrected chi connectivity index (χ4v) is 6.50. The van der Waals surface area contributed by atoms with Gasteiger partial charge in [-0.15, -0.1) is 0 Å². The van der Waals surface area contributed by atoms with Gasteiger partial charge in [-0.1, -0.05) is 23.8 Å². The Morgan fingerprint density at radius 3 is 2.45 bits per heavy atom. The third-order valence-electron chi connectivity index (χ3n) is 7.33. The summed E-state index contributed by atoms with van der Waals surface area (Å²) in [6.45, 7) is 3.67. The number of nitrogens with zero attached hydrogens (tertiary/aromatic N) is 5. The van der Waals surface area contributed by atoms with Gasteiger partial charge in [-0.25, -0.2) is 22.4 Å². The number of pyridine rings is 2. The summed E-state index contributed by atoms with van der Waals surface area (Å²) in [6.07, 6.45) is 4.06. The first-order valence-corrected chi connectivity index (χ1v) is 14.6. The van der Waals surface area contributed by atoms with Gasteiger partial charge in [-0.3, -0.25) is 14.9 Å². The highest BCUT2D eigenvalue weighted by atomic mass is 32.2. The van der Waals surface area contributed by atoms with Crippen LogP contribution in [0.15, 0.2) is 72.0 Å². The van der Waals surface area contributed by atoms with Crippen molar-refractivity contribution < 1.29 is 22.9 Å².